The maximum absolute atomic E-state index is 12.6. The van der Waals surface area contributed by atoms with E-state index in [1.54, 1.807) is 5.57 Å². The molecule has 0 radical (unpaired) electrons. The maximum atomic E-state index is 12.6. The predicted molar refractivity (Wildman–Crippen MR) is 104 cm³/mol. The second kappa shape index (κ2) is 6.88. The van der Waals surface area contributed by atoms with Crippen molar-refractivity contribution < 1.29 is 14.3 Å². The second-order valence-corrected chi connectivity index (χ2v) is 10.2. The molecule has 5 rings (SSSR count). The molecule has 3 aliphatic carbocycles. The molecule has 0 aromatic carbocycles. The first-order valence-corrected chi connectivity index (χ1v) is 11.3. The van der Waals surface area contributed by atoms with Crippen LogP contribution in [0.25, 0.3) is 0 Å². The molecule has 150 valence electrons. The van der Waals surface area contributed by atoms with Crippen molar-refractivity contribution in [2.75, 3.05) is 19.7 Å². The van der Waals surface area contributed by atoms with E-state index < -0.39 is 0 Å². The molecule has 0 aromatic rings. The number of carbonyl (C=O) groups is 1. The van der Waals surface area contributed by atoms with Crippen LogP contribution in [0.2, 0.25) is 0 Å². The molecule has 2 heterocycles. The van der Waals surface area contributed by atoms with Gasteiger partial charge in [-0.25, -0.2) is 0 Å². The van der Waals surface area contributed by atoms with Crippen LogP contribution in [-0.2, 0) is 14.3 Å². The van der Waals surface area contributed by atoms with Gasteiger partial charge in [0.2, 0.25) is 0 Å². The third-order valence-corrected chi connectivity index (χ3v) is 8.45. The summed E-state index contributed by atoms with van der Waals surface area (Å²) in [7, 11) is 0. The number of carbonyl (C=O) groups excluding carboxylic acids is 1. The topological polar surface area (TPSA) is 50.9 Å². The Morgan fingerprint density at radius 3 is 2.93 bits per heavy atom. The fourth-order valence-electron chi connectivity index (χ4n) is 6.83. The van der Waals surface area contributed by atoms with Crippen LogP contribution >= 0.6 is 0 Å². The summed E-state index contributed by atoms with van der Waals surface area (Å²) in [4.78, 5) is 12.6. The van der Waals surface area contributed by atoms with E-state index in [1.165, 1.54) is 44.9 Å². The zero-order valence-corrected chi connectivity index (χ0v) is 16.8. The van der Waals surface area contributed by atoms with Crippen LogP contribution in [0.4, 0.5) is 0 Å². The summed E-state index contributed by atoms with van der Waals surface area (Å²) in [5.74, 6) is 1.08. The Labute approximate surface area is 163 Å². The van der Waals surface area contributed by atoms with Gasteiger partial charge in [0.25, 0.3) is 0 Å². The van der Waals surface area contributed by atoms with Crippen LogP contribution in [0.15, 0.2) is 11.6 Å². The van der Waals surface area contributed by atoms with Crippen molar-refractivity contribution >= 4 is 5.97 Å². The summed E-state index contributed by atoms with van der Waals surface area (Å²) in [6.07, 6.45) is 14.8. The predicted octanol–water partition coefficient (Wildman–Crippen LogP) is 3.99. The highest BCUT2D eigenvalue weighted by Gasteiger charge is 2.64. The van der Waals surface area contributed by atoms with Gasteiger partial charge in [-0.05, 0) is 82.1 Å². The molecule has 5 aliphatic rings. The Hall–Kier alpha value is -0.870. The summed E-state index contributed by atoms with van der Waals surface area (Å²) >= 11 is 0. The SMILES string of the molecule is C[C@]12CCC[C@]3(CO3)[C@@H]1C[C@H]1[C@@H](C2)OC(=O)[C@@H]1CNCCC1=CCCCC1. The number of allylic oxidation sites excluding steroid dienone is 1. The number of nitrogens with one attached hydrogen (secondary N) is 1. The molecule has 2 saturated heterocycles. The van der Waals surface area contributed by atoms with Gasteiger partial charge in [-0.3, -0.25) is 4.79 Å². The average molecular weight is 374 g/mol. The highest BCUT2D eigenvalue weighted by Crippen LogP contribution is 2.62. The number of epoxide rings is 1. The van der Waals surface area contributed by atoms with Crippen LogP contribution in [0.3, 0.4) is 0 Å². The molecule has 0 unspecified atom stereocenters. The summed E-state index contributed by atoms with van der Waals surface area (Å²) in [5.41, 5.74) is 2.05. The molecule has 0 aromatic heterocycles. The van der Waals surface area contributed by atoms with Gasteiger partial charge in [-0.2, -0.15) is 0 Å². The standard InChI is InChI=1S/C23H35NO3/c1-22-9-5-10-23(15-26-23)20(22)12-17-18(21(25)27-19(17)13-22)14-24-11-8-16-6-3-2-4-7-16/h6,17-20,24H,2-5,7-15H2,1H3/t17-,18-,19-,20-,22-,23+/m1/s1. The number of ether oxygens (including phenoxy) is 2. The van der Waals surface area contributed by atoms with Gasteiger partial charge in [-0.15, -0.1) is 0 Å². The van der Waals surface area contributed by atoms with E-state index in [4.69, 9.17) is 9.47 Å². The van der Waals surface area contributed by atoms with Crippen LogP contribution in [0.1, 0.15) is 71.1 Å². The van der Waals surface area contributed by atoms with Crippen molar-refractivity contribution in [3.8, 4) is 0 Å². The van der Waals surface area contributed by atoms with Gasteiger partial charge in [0, 0.05) is 12.5 Å². The number of hydrogen-bond donors (Lipinski definition) is 1. The molecular formula is C23H35NO3. The van der Waals surface area contributed by atoms with Gasteiger partial charge >= 0.3 is 5.97 Å². The zero-order chi connectivity index (χ0) is 18.5. The van der Waals surface area contributed by atoms with Crippen LogP contribution in [-0.4, -0.2) is 37.4 Å². The Morgan fingerprint density at radius 1 is 1.26 bits per heavy atom. The van der Waals surface area contributed by atoms with Gasteiger partial charge < -0.3 is 14.8 Å². The minimum atomic E-state index is 0.0395. The molecule has 4 heteroatoms. The fourth-order valence-corrected chi connectivity index (χ4v) is 6.83. The summed E-state index contributed by atoms with van der Waals surface area (Å²) in [5, 5.41) is 3.58. The lowest BCUT2D eigenvalue weighted by molar-refractivity contribution is -0.147. The van der Waals surface area contributed by atoms with Crippen molar-refractivity contribution in [2.45, 2.75) is 82.8 Å². The Bertz CT molecular complexity index is 625. The molecule has 4 nitrogen and oxygen atoms in total. The number of esters is 1. The Morgan fingerprint density at radius 2 is 2.15 bits per heavy atom. The van der Waals surface area contributed by atoms with E-state index in [0.717, 1.165) is 39.0 Å². The highest BCUT2D eigenvalue weighted by atomic mass is 16.6. The highest BCUT2D eigenvalue weighted by molar-refractivity contribution is 5.75. The molecule has 1 N–H and O–H groups in total. The molecular weight excluding hydrogens is 338 g/mol. The monoisotopic (exact) mass is 373 g/mol. The first kappa shape index (κ1) is 18.2. The van der Waals surface area contributed by atoms with E-state index in [0.29, 0.717) is 17.3 Å². The molecule has 0 amide bonds. The van der Waals surface area contributed by atoms with E-state index in [1.807, 2.05) is 0 Å². The molecule has 1 spiro atoms. The average Bonchev–Trinajstić information content (AvgIpc) is 3.36. The quantitative estimate of drug-likeness (QED) is 0.343. The lowest BCUT2D eigenvalue weighted by atomic mass is 9.53. The molecule has 2 saturated carbocycles. The fraction of sp³-hybridized carbons (Fsp3) is 0.870. The van der Waals surface area contributed by atoms with Crippen LogP contribution in [0, 0.1) is 23.2 Å². The van der Waals surface area contributed by atoms with Gasteiger partial charge in [0.1, 0.15) is 6.10 Å². The molecule has 4 fully saturated rings. The van der Waals surface area contributed by atoms with Gasteiger partial charge in [0.05, 0.1) is 18.1 Å². The third kappa shape index (κ3) is 3.27. The van der Waals surface area contributed by atoms with Gasteiger partial charge in [-0.1, -0.05) is 18.6 Å². The first-order chi connectivity index (χ1) is 13.1. The number of rotatable bonds is 5. The van der Waals surface area contributed by atoms with Crippen molar-refractivity contribution in [3.63, 3.8) is 0 Å². The molecule has 27 heavy (non-hydrogen) atoms. The number of fused-ring (bicyclic) bond motifs is 3. The third-order valence-electron chi connectivity index (χ3n) is 8.45. The molecule has 2 aliphatic heterocycles. The van der Waals surface area contributed by atoms with E-state index in [2.05, 4.69) is 18.3 Å². The summed E-state index contributed by atoms with van der Waals surface area (Å²) < 4.78 is 11.9. The van der Waals surface area contributed by atoms with E-state index in [-0.39, 0.29) is 23.6 Å². The van der Waals surface area contributed by atoms with Crippen molar-refractivity contribution in [2.24, 2.45) is 23.2 Å². The Kier molecular flexibility index (Phi) is 4.63. The number of hydrogen-bond acceptors (Lipinski definition) is 4. The zero-order valence-electron chi connectivity index (χ0n) is 16.8. The minimum absolute atomic E-state index is 0.0395. The van der Waals surface area contributed by atoms with Crippen molar-refractivity contribution in [1.29, 1.82) is 0 Å². The van der Waals surface area contributed by atoms with Crippen LogP contribution in [0.5, 0.6) is 0 Å². The molecule has 6 atom stereocenters. The largest absolute Gasteiger partial charge is 0.462 e. The van der Waals surface area contributed by atoms with Crippen molar-refractivity contribution in [1.82, 2.24) is 5.32 Å². The summed E-state index contributed by atoms with van der Waals surface area (Å²) in [6.45, 7) is 5.14. The van der Waals surface area contributed by atoms with E-state index >= 15 is 0 Å². The van der Waals surface area contributed by atoms with E-state index in [9.17, 15) is 4.79 Å². The minimum Gasteiger partial charge on any atom is -0.462 e. The smallest absolute Gasteiger partial charge is 0.310 e. The normalized spacial score (nSPS) is 45.8. The maximum Gasteiger partial charge on any atom is 0.310 e. The first-order valence-electron chi connectivity index (χ1n) is 11.3. The Balaban J connectivity index is 1.20. The van der Waals surface area contributed by atoms with Gasteiger partial charge in [0.15, 0.2) is 0 Å². The second-order valence-electron chi connectivity index (χ2n) is 10.2. The van der Waals surface area contributed by atoms with Crippen LogP contribution < -0.4 is 5.32 Å². The summed E-state index contributed by atoms with van der Waals surface area (Å²) in [6, 6.07) is 0. The lowest BCUT2D eigenvalue weighted by Crippen LogP contribution is -2.51. The lowest BCUT2D eigenvalue weighted by Gasteiger charge is -2.51. The van der Waals surface area contributed by atoms with Crippen molar-refractivity contribution in [3.05, 3.63) is 11.6 Å². The molecule has 0 bridgehead atoms.